The van der Waals surface area contributed by atoms with Gasteiger partial charge in [-0.25, -0.2) is 4.39 Å². The van der Waals surface area contributed by atoms with Gasteiger partial charge in [0.1, 0.15) is 11.4 Å². The van der Waals surface area contributed by atoms with Gasteiger partial charge in [0.2, 0.25) is 6.23 Å². The molecule has 1 amide bonds. The van der Waals surface area contributed by atoms with Crippen molar-refractivity contribution in [1.82, 2.24) is 20.6 Å². The van der Waals surface area contributed by atoms with Crippen molar-refractivity contribution in [2.24, 2.45) is 5.92 Å². The lowest BCUT2D eigenvalue weighted by molar-refractivity contribution is -0.141. The van der Waals surface area contributed by atoms with Crippen molar-refractivity contribution in [1.29, 1.82) is 0 Å². The smallest absolute Gasteiger partial charge is 0.433 e. The summed E-state index contributed by atoms with van der Waals surface area (Å²) in [6.07, 6.45) is -1.79. The van der Waals surface area contributed by atoms with Gasteiger partial charge in [0, 0.05) is 42.1 Å². The van der Waals surface area contributed by atoms with Crippen LogP contribution in [0.5, 0.6) is 23.0 Å². The Morgan fingerprint density at radius 3 is 2.53 bits per heavy atom. The Hall–Kier alpha value is -4.69. The number of ether oxygens (including phenoxy) is 3. The average Bonchev–Trinajstić information content (AvgIpc) is 3.03. The number of aliphatic hydroxyl groups is 1. The summed E-state index contributed by atoms with van der Waals surface area (Å²) in [5.41, 5.74) is -0.130. The van der Waals surface area contributed by atoms with Gasteiger partial charge in [-0.1, -0.05) is 6.07 Å². The van der Waals surface area contributed by atoms with Gasteiger partial charge in [0.15, 0.2) is 23.1 Å². The van der Waals surface area contributed by atoms with E-state index in [9.17, 15) is 23.1 Å². The van der Waals surface area contributed by atoms with Gasteiger partial charge < -0.3 is 35.3 Å². The van der Waals surface area contributed by atoms with Crippen LogP contribution in [0.1, 0.15) is 24.1 Å². The fraction of sp³-hybridized carbons (Fsp3) is 0.323. The third-order valence-electron chi connectivity index (χ3n) is 7.21. The van der Waals surface area contributed by atoms with Crippen LogP contribution in [-0.4, -0.2) is 54.0 Å². The van der Waals surface area contributed by atoms with E-state index in [1.165, 1.54) is 25.4 Å². The topological polar surface area (TPSA) is 127 Å². The number of hydrogen-bond donors (Lipinski definition) is 4. The van der Waals surface area contributed by atoms with E-state index >= 15 is 4.39 Å². The number of nitrogens with zero attached hydrogens (tertiary/aromatic N) is 2. The standard InChI is InChI=1S/C31H31F4N5O5/c1-43-26-13-21-23(14-27(26)44-17-18-6-9-36-10-7-18)37-11-8-24(21)45-25-4-3-20(12-22(25)32)40-30(42)29(41)39-16-19-2-5-28(38-15-19)31(33,34)35/h2-5,8,11-15,18,30,36,40,42H,6-7,9-10,16-17H2,1H3,(H,39,41). The minimum absolute atomic E-state index is 0.0792. The number of fused-ring (bicyclic) bond motifs is 1. The number of anilines is 1. The molecule has 0 saturated carbocycles. The maximum atomic E-state index is 15.1. The first-order valence-electron chi connectivity index (χ1n) is 14.1. The number of benzene rings is 2. The van der Waals surface area contributed by atoms with Crippen molar-refractivity contribution in [3.8, 4) is 23.0 Å². The van der Waals surface area contributed by atoms with Crippen molar-refractivity contribution in [3.05, 3.63) is 78.0 Å². The summed E-state index contributed by atoms with van der Waals surface area (Å²) in [6, 6.07) is 10.8. The fourth-order valence-corrected chi connectivity index (χ4v) is 4.74. The van der Waals surface area contributed by atoms with Gasteiger partial charge >= 0.3 is 6.18 Å². The molecule has 1 aliphatic rings. The van der Waals surface area contributed by atoms with Crippen LogP contribution in [0.15, 0.2) is 60.9 Å². The number of carbonyl (C=O) groups excluding carboxylic acids is 1. The minimum Gasteiger partial charge on any atom is -0.493 e. The molecule has 0 spiro atoms. The highest BCUT2D eigenvalue weighted by molar-refractivity contribution is 5.88. The number of amides is 1. The average molecular weight is 630 g/mol. The number of pyridine rings is 2. The third-order valence-corrected chi connectivity index (χ3v) is 7.21. The Morgan fingerprint density at radius 1 is 1.04 bits per heavy atom. The molecule has 45 heavy (non-hydrogen) atoms. The van der Waals surface area contributed by atoms with Crippen molar-refractivity contribution in [2.75, 3.05) is 32.1 Å². The van der Waals surface area contributed by atoms with Crippen LogP contribution in [0.4, 0.5) is 23.2 Å². The Bertz CT molecular complexity index is 1630. The summed E-state index contributed by atoms with van der Waals surface area (Å²) in [5.74, 6) is 0.0150. The molecule has 2 aromatic heterocycles. The molecule has 0 bridgehead atoms. The molecule has 3 heterocycles. The first-order chi connectivity index (χ1) is 21.6. The van der Waals surface area contributed by atoms with Crippen molar-refractivity contribution >= 4 is 22.5 Å². The zero-order valence-corrected chi connectivity index (χ0v) is 24.2. The van der Waals surface area contributed by atoms with Gasteiger partial charge in [-0.3, -0.25) is 14.8 Å². The third kappa shape index (κ3) is 8.08. The zero-order valence-electron chi connectivity index (χ0n) is 24.2. The van der Waals surface area contributed by atoms with Crippen LogP contribution in [0.3, 0.4) is 0 Å². The molecular weight excluding hydrogens is 598 g/mol. The molecule has 14 heteroatoms. The number of aliphatic hydroxyl groups excluding tert-OH is 1. The predicted octanol–water partition coefficient (Wildman–Crippen LogP) is 5.01. The van der Waals surface area contributed by atoms with E-state index in [1.54, 1.807) is 18.2 Å². The maximum Gasteiger partial charge on any atom is 0.433 e. The molecule has 1 saturated heterocycles. The van der Waals surface area contributed by atoms with E-state index in [4.69, 9.17) is 14.2 Å². The van der Waals surface area contributed by atoms with Crippen molar-refractivity contribution < 1.29 is 41.7 Å². The molecule has 1 fully saturated rings. The molecule has 10 nitrogen and oxygen atoms in total. The van der Waals surface area contributed by atoms with E-state index < -0.39 is 29.8 Å². The number of piperidine rings is 1. The summed E-state index contributed by atoms with van der Waals surface area (Å²) in [6.45, 7) is 2.29. The summed E-state index contributed by atoms with van der Waals surface area (Å²) in [4.78, 5) is 20.0. The number of rotatable bonds is 11. The highest BCUT2D eigenvalue weighted by atomic mass is 19.4. The highest BCUT2D eigenvalue weighted by Crippen LogP contribution is 2.38. The zero-order chi connectivity index (χ0) is 32.0. The summed E-state index contributed by atoms with van der Waals surface area (Å²) in [7, 11) is 1.53. The molecule has 1 unspecified atom stereocenters. The number of halogens is 4. The van der Waals surface area contributed by atoms with Gasteiger partial charge in [0.25, 0.3) is 5.91 Å². The summed E-state index contributed by atoms with van der Waals surface area (Å²) in [5, 5.41) is 19.0. The van der Waals surface area contributed by atoms with Crippen molar-refractivity contribution in [3.63, 3.8) is 0 Å². The van der Waals surface area contributed by atoms with Crippen LogP contribution >= 0.6 is 0 Å². The summed E-state index contributed by atoms with van der Waals surface area (Å²) < 4.78 is 70.6. The number of methoxy groups -OCH3 is 1. The van der Waals surface area contributed by atoms with E-state index in [0.29, 0.717) is 46.2 Å². The first kappa shape index (κ1) is 31.7. The lowest BCUT2D eigenvalue weighted by Gasteiger charge is -2.23. The van der Waals surface area contributed by atoms with Gasteiger partial charge in [-0.15, -0.1) is 0 Å². The molecule has 0 radical (unpaired) electrons. The lowest BCUT2D eigenvalue weighted by atomic mass is 9.99. The van der Waals surface area contributed by atoms with Crippen LogP contribution in [0.2, 0.25) is 0 Å². The highest BCUT2D eigenvalue weighted by Gasteiger charge is 2.32. The molecule has 1 atom stereocenters. The Labute approximate surface area is 255 Å². The number of aromatic nitrogens is 2. The molecule has 1 aliphatic heterocycles. The monoisotopic (exact) mass is 629 g/mol. The molecule has 238 valence electrons. The lowest BCUT2D eigenvalue weighted by Crippen LogP contribution is -2.39. The van der Waals surface area contributed by atoms with E-state index in [-0.39, 0.29) is 18.0 Å². The van der Waals surface area contributed by atoms with E-state index in [1.807, 2.05) is 0 Å². The predicted molar refractivity (Wildman–Crippen MR) is 157 cm³/mol. The van der Waals surface area contributed by atoms with Crippen LogP contribution in [0, 0.1) is 11.7 Å². The number of alkyl halides is 3. The SMILES string of the molecule is COc1cc2c(Oc3ccc(NC(O)C(=O)NCc4ccc(C(F)(F)F)nc4)cc3F)ccnc2cc1OCC1CCNCC1. The molecular formula is C31H31F4N5O5. The largest absolute Gasteiger partial charge is 0.493 e. The molecule has 4 N–H and O–H groups in total. The first-order valence-corrected chi connectivity index (χ1v) is 14.1. The normalized spacial score (nSPS) is 14.5. The number of carbonyl (C=O) groups is 1. The second-order valence-electron chi connectivity index (χ2n) is 10.4. The minimum atomic E-state index is -4.58. The van der Waals surface area contributed by atoms with Gasteiger partial charge in [-0.2, -0.15) is 13.2 Å². The number of hydrogen-bond acceptors (Lipinski definition) is 9. The van der Waals surface area contributed by atoms with Crippen LogP contribution in [-0.2, 0) is 17.5 Å². The Balaban J connectivity index is 1.21. The molecule has 4 aromatic rings. The quantitative estimate of drug-likeness (QED) is 0.134. The molecule has 2 aromatic carbocycles. The Kier molecular flexibility index (Phi) is 9.83. The molecule has 0 aliphatic carbocycles. The van der Waals surface area contributed by atoms with E-state index in [0.717, 1.165) is 50.3 Å². The van der Waals surface area contributed by atoms with Crippen molar-refractivity contribution in [2.45, 2.75) is 31.8 Å². The summed E-state index contributed by atoms with van der Waals surface area (Å²) >= 11 is 0. The Morgan fingerprint density at radius 2 is 1.84 bits per heavy atom. The second-order valence-corrected chi connectivity index (χ2v) is 10.4. The van der Waals surface area contributed by atoms with Gasteiger partial charge in [-0.05, 0) is 67.7 Å². The van der Waals surface area contributed by atoms with E-state index in [2.05, 4.69) is 25.9 Å². The maximum absolute atomic E-state index is 15.1. The fourth-order valence-electron chi connectivity index (χ4n) is 4.74. The van der Waals surface area contributed by atoms with Gasteiger partial charge in [0.05, 0.1) is 19.2 Å². The number of nitrogens with one attached hydrogen (secondary N) is 3. The molecule has 5 rings (SSSR count). The van der Waals surface area contributed by atoms with Crippen LogP contribution < -0.4 is 30.2 Å². The second kappa shape index (κ2) is 13.9. The van der Waals surface area contributed by atoms with Crippen LogP contribution in [0.25, 0.3) is 10.9 Å².